The van der Waals surface area contributed by atoms with Gasteiger partial charge in [0, 0.05) is 12.1 Å². The topological polar surface area (TPSA) is 81.5 Å². The third-order valence-electron chi connectivity index (χ3n) is 1.80. The van der Waals surface area contributed by atoms with E-state index in [0.29, 0.717) is 5.75 Å². The highest BCUT2D eigenvalue weighted by Crippen LogP contribution is 2.28. The highest BCUT2D eigenvalue weighted by atomic mass is 79.9. The molecule has 0 bridgehead atoms. The van der Waals surface area contributed by atoms with E-state index in [1.54, 1.807) is 0 Å². The number of methoxy groups -OCH3 is 1. The van der Waals surface area contributed by atoms with E-state index in [4.69, 9.17) is 4.74 Å². The van der Waals surface area contributed by atoms with E-state index >= 15 is 0 Å². The maximum atomic E-state index is 11.1. The van der Waals surface area contributed by atoms with Crippen LogP contribution in [-0.2, 0) is 4.79 Å². The quantitative estimate of drug-likeness (QED) is 0.521. The smallest absolute Gasteiger partial charge is 0.293 e. The van der Waals surface area contributed by atoms with E-state index in [-0.39, 0.29) is 22.6 Å². The second kappa shape index (κ2) is 5.45. The Morgan fingerprint density at radius 2 is 2.31 bits per heavy atom. The Hall–Kier alpha value is -1.63. The van der Waals surface area contributed by atoms with Crippen molar-refractivity contribution in [3.05, 3.63) is 28.3 Å². The van der Waals surface area contributed by atoms with Crippen molar-refractivity contribution in [2.24, 2.45) is 0 Å². The van der Waals surface area contributed by atoms with Crippen LogP contribution in [0.3, 0.4) is 0 Å². The van der Waals surface area contributed by atoms with Crippen molar-refractivity contribution in [3.8, 4) is 5.75 Å². The van der Waals surface area contributed by atoms with Crippen molar-refractivity contribution in [1.82, 2.24) is 0 Å². The average Bonchev–Trinajstić information content (AvgIpc) is 2.28. The molecule has 0 saturated carbocycles. The Bertz CT molecular complexity index is 422. The minimum atomic E-state index is -0.566. The summed E-state index contributed by atoms with van der Waals surface area (Å²) in [4.78, 5) is 21.3. The van der Waals surface area contributed by atoms with Crippen molar-refractivity contribution in [3.63, 3.8) is 0 Å². The number of hydrogen-bond acceptors (Lipinski definition) is 4. The molecule has 1 amide bonds. The van der Waals surface area contributed by atoms with Crippen LogP contribution in [0.1, 0.15) is 0 Å². The van der Waals surface area contributed by atoms with E-state index in [9.17, 15) is 14.9 Å². The molecule has 0 aliphatic heterocycles. The first-order chi connectivity index (χ1) is 7.58. The summed E-state index contributed by atoms with van der Waals surface area (Å²) in [6.07, 6.45) is 0. The lowest BCUT2D eigenvalue weighted by atomic mass is 10.2. The average molecular weight is 289 g/mol. The van der Waals surface area contributed by atoms with Gasteiger partial charge in [0.15, 0.2) is 0 Å². The van der Waals surface area contributed by atoms with Crippen LogP contribution >= 0.6 is 15.9 Å². The molecule has 0 radical (unpaired) electrons. The summed E-state index contributed by atoms with van der Waals surface area (Å²) in [5, 5.41) is 13.2. The van der Waals surface area contributed by atoms with Gasteiger partial charge in [-0.25, -0.2) is 0 Å². The lowest BCUT2D eigenvalue weighted by Gasteiger charge is -2.06. The Morgan fingerprint density at radius 3 is 2.81 bits per heavy atom. The number of carbonyl (C=O) groups is 1. The molecule has 0 aromatic heterocycles. The van der Waals surface area contributed by atoms with Gasteiger partial charge in [-0.1, -0.05) is 15.9 Å². The Kier molecular flexibility index (Phi) is 4.24. The van der Waals surface area contributed by atoms with Crippen LogP contribution in [0.2, 0.25) is 0 Å². The standard InChI is InChI=1S/C9H9BrN2O4/c1-16-6-2-3-8(12(14)15)7(4-6)11-9(13)5-10/h2-4H,5H2,1H3,(H,11,13). The van der Waals surface area contributed by atoms with Crippen molar-refractivity contribution < 1.29 is 14.5 Å². The Labute approximate surface area is 99.9 Å². The van der Waals surface area contributed by atoms with E-state index in [0.717, 1.165) is 0 Å². The molecular weight excluding hydrogens is 280 g/mol. The summed E-state index contributed by atoms with van der Waals surface area (Å²) < 4.78 is 4.92. The van der Waals surface area contributed by atoms with Gasteiger partial charge in [0.2, 0.25) is 5.91 Å². The fourth-order valence-electron chi connectivity index (χ4n) is 1.09. The number of carbonyl (C=O) groups excluding carboxylic acids is 1. The van der Waals surface area contributed by atoms with Crippen LogP contribution in [0.4, 0.5) is 11.4 Å². The number of amides is 1. The first kappa shape index (κ1) is 12.4. The SMILES string of the molecule is COc1ccc([N+](=O)[O-])c(NC(=O)CBr)c1. The minimum absolute atomic E-state index is 0.0708. The number of nitro benzene ring substituents is 1. The molecule has 7 heteroatoms. The molecule has 16 heavy (non-hydrogen) atoms. The molecular formula is C9H9BrN2O4. The normalized spacial score (nSPS) is 9.62. The van der Waals surface area contributed by atoms with Gasteiger partial charge in [-0.3, -0.25) is 14.9 Å². The summed E-state index contributed by atoms with van der Waals surface area (Å²) in [7, 11) is 1.44. The number of halogens is 1. The number of rotatable bonds is 4. The van der Waals surface area contributed by atoms with E-state index in [1.165, 1.54) is 25.3 Å². The fourth-order valence-corrected chi connectivity index (χ4v) is 1.23. The van der Waals surface area contributed by atoms with Crippen molar-refractivity contribution >= 4 is 33.2 Å². The summed E-state index contributed by atoms with van der Waals surface area (Å²) in [5.41, 5.74) is -0.0519. The third-order valence-corrected chi connectivity index (χ3v) is 2.31. The van der Waals surface area contributed by atoms with Gasteiger partial charge < -0.3 is 10.1 Å². The molecule has 0 aliphatic rings. The maximum absolute atomic E-state index is 11.1. The summed E-state index contributed by atoms with van der Waals surface area (Å²) in [6.45, 7) is 0. The van der Waals surface area contributed by atoms with Gasteiger partial charge >= 0.3 is 0 Å². The van der Waals surface area contributed by atoms with E-state index in [2.05, 4.69) is 21.2 Å². The summed E-state index contributed by atoms with van der Waals surface area (Å²) in [5.74, 6) is 0.0758. The number of alkyl halides is 1. The highest BCUT2D eigenvalue weighted by molar-refractivity contribution is 9.09. The van der Waals surface area contributed by atoms with Crippen LogP contribution < -0.4 is 10.1 Å². The van der Waals surface area contributed by atoms with Crippen LogP contribution in [0.25, 0.3) is 0 Å². The molecule has 0 saturated heterocycles. The highest BCUT2D eigenvalue weighted by Gasteiger charge is 2.16. The number of hydrogen-bond donors (Lipinski definition) is 1. The zero-order valence-corrected chi connectivity index (χ0v) is 9.98. The van der Waals surface area contributed by atoms with Gasteiger partial charge in [0.05, 0.1) is 17.4 Å². The van der Waals surface area contributed by atoms with Gasteiger partial charge in [0.1, 0.15) is 11.4 Å². The lowest BCUT2D eigenvalue weighted by Crippen LogP contribution is -2.13. The fraction of sp³-hybridized carbons (Fsp3) is 0.222. The summed E-state index contributed by atoms with van der Waals surface area (Å²) >= 11 is 2.96. The molecule has 1 rings (SSSR count). The molecule has 0 unspecified atom stereocenters. The van der Waals surface area contributed by atoms with Crippen molar-refractivity contribution in [2.45, 2.75) is 0 Å². The minimum Gasteiger partial charge on any atom is -0.497 e. The Morgan fingerprint density at radius 1 is 1.62 bits per heavy atom. The molecule has 0 aliphatic carbocycles. The summed E-state index contributed by atoms with van der Waals surface area (Å²) in [6, 6.07) is 4.14. The molecule has 1 aromatic carbocycles. The van der Waals surface area contributed by atoms with Crippen LogP contribution in [0.5, 0.6) is 5.75 Å². The zero-order valence-electron chi connectivity index (χ0n) is 8.40. The number of nitro groups is 1. The van der Waals surface area contributed by atoms with Gasteiger partial charge in [0.25, 0.3) is 5.69 Å². The zero-order chi connectivity index (χ0) is 12.1. The van der Waals surface area contributed by atoms with E-state index in [1.807, 2.05) is 0 Å². The molecule has 1 N–H and O–H groups in total. The first-order valence-corrected chi connectivity index (χ1v) is 5.39. The monoisotopic (exact) mass is 288 g/mol. The van der Waals surface area contributed by atoms with Crippen molar-refractivity contribution in [1.29, 1.82) is 0 Å². The molecule has 1 aromatic rings. The molecule has 86 valence electrons. The van der Waals surface area contributed by atoms with Gasteiger partial charge in [-0.2, -0.15) is 0 Å². The molecule has 0 spiro atoms. The van der Waals surface area contributed by atoms with Crippen LogP contribution in [0, 0.1) is 10.1 Å². The molecule has 6 nitrogen and oxygen atoms in total. The van der Waals surface area contributed by atoms with Crippen LogP contribution in [-0.4, -0.2) is 23.3 Å². The molecule has 0 heterocycles. The number of ether oxygens (including phenoxy) is 1. The number of anilines is 1. The second-order valence-corrected chi connectivity index (χ2v) is 3.38. The molecule has 0 atom stereocenters. The largest absolute Gasteiger partial charge is 0.497 e. The first-order valence-electron chi connectivity index (χ1n) is 4.26. The predicted molar refractivity (Wildman–Crippen MR) is 62.1 cm³/mol. The third kappa shape index (κ3) is 2.93. The predicted octanol–water partition coefficient (Wildman–Crippen LogP) is 1.94. The maximum Gasteiger partial charge on any atom is 0.293 e. The van der Waals surface area contributed by atoms with Crippen LogP contribution in [0.15, 0.2) is 18.2 Å². The molecule has 0 fully saturated rings. The van der Waals surface area contributed by atoms with E-state index < -0.39 is 4.92 Å². The number of nitrogens with zero attached hydrogens (tertiary/aromatic N) is 1. The Balaban J connectivity index is 3.10. The van der Waals surface area contributed by atoms with Gasteiger partial charge in [-0.05, 0) is 6.07 Å². The lowest BCUT2D eigenvalue weighted by molar-refractivity contribution is -0.383. The van der Waals surface area contributed by atoms with Gasteiger partial charge in [-0.15, -0.1) is 0 Å². The number of nitrogens with one attached hydrogen (secondary N) is 1. The second-order valence-electron chi connectivity index (χ2n) is 2.82. The van der Waals surface area contributed by atoms with Crippen molar-refractivity contribution in [2.75, 3.05) is 17.8 Å². The number of benzene rings is 1.